The standard InChI is InChI=1S/C21H21ClN2O3S/c1-2-27-16-6-7-17-18(13-16)28-20(23-17)24-19(25)21(8-10-26-11-9-21)14-4-3-5-15(22)12-14/h3-7,12-13H,2,8-11H2,1H3,(H,23,24,25). The monoisotopic (exact) mass is 416 g/mol. The summed E-state index contributed by atoms with van der Waals surface area (Å²) in [5.74, 6) is 0.735. The summed E-state index contributed by atoms with van der Waals surface area (Å²) in [6, 6.07) is 13.3. The molecular weight excluding hydrogens is 396 g/mol. The zero-order valence-electron chi connectivity index (χ0n) is 15.5. The number of rotatable bonds is 5. The van der Waals surface area contributed by atoms with Gasteiger partial charge in [-0.05, 0) is 55.7 Å². The van der Waals surface area contributed by atoms with Gasteiger partial charge in [-0.15, -0.1) is 0 Å². The van der Waals surface area contributed by atoms with Crippen LogP contribution in [-0.2, 0) is 14.9 Å². The van der Waals surface area contributed by atoms with E-state index in [9.17, 15) is 4.79 Å². The van der Waals surface area contributed by atoms with Crippen molar-refractivity contribution >= 4 is 44.2 Å². The molecule has 0 aliphatic carbocycles. The Bertz CT molecular complexity index is 998. The molecule has 28 heavy (non-hydrogen) atoms. The molecule has 1 aliphatic heterocycles. The molecule has 1 saturated heterocycles. The number of hydrogen-bond acceptors (Lipinski definition) is 5. The number of halogens is 1. The van der Waals surface area contributed by atoms with Crippen molar-refractivity contribution in [2.24, 2.45) is 0 Å². The van der Waals surface area contributed by atoms with E-state index >= 15 is 0 Å². The Kier molecular flexibility index (Phi) is 5.53. The van der Waals surface area contributed by atoms with Crippen LogP contribution in [-0.4, -0.2) is 30.7 Å². The highest BCUT2D eigenvalue weighted by molar-refractivity contribution is 7.22. The number of nitrogens with one attached hydrogen (secondary N) is 1. The predicted octanol–water partition coefficient (Wildman–Crippen LogP) is 5.04. The van der Waals surface area contributed by atoms with E-state index in [-0.39, 0.29) is 5.91 Å². The van der Waals surface area contributed by atoms with Gasteiger partial charge in [-0.3, -0.25) is 4.79 Å². The van der Waals surface area contributed by atoms with Crippen molar-refractivity contribution in [2.75, 3.05) is 25.1 Å². The number of thiazole rings is 1. The minimum absolute atomic E-state index is 0.0674. The van der Waals surface area contributed by atoms with Crippen molar-refractivity contribution in [3.63, 3.8) is 0 Å². The molecule has 5 nitrogen and oxygen atoms in total. The largest absolute Gasteiger partial charge is 0.494 e. The average molecular weight is 417 g/mol. The quantitative estimate of drug-likeness (QED) is 0.633. The van der Waals surface area contributed by atoms with Gasteiger partial charge in [-0.25, -0.2) is 4.98 Å². The number of aromatic nitrogens is 1. The third-order valence-corrected chi connectivity index (χ3v) is 6.22. The molecule has 1 N–H and O–H groups in total. The topological polar surface area (TPSA) is 60.5 Å². The molecule has 0 spiro atoms. The maximum absolute atomic E-state index is 13.4. The van der Waals surface area contributed by atoms with E-state index in [1.54, 1.807) is 0 Å². The third-order valence-electron chi connectivity index (χ3n) is 5.05. The highest BCUT2D eigenvalue weighted by Crippen LogP contribution is 2.38. The summed E-state index contributed by atoms with van der Waals surface area (Å²) >= 11 is 7.65. The van der Waals surface area contributed by atoms with Crippen LogP contribution in [0.2, 0.25) is 5.02 Å². The normalized spacial score (nSPS) is 16.1. The van der Waals surface area contributed by atoms with Crippen LogP contribution in [0.5, 0.6) is 5.75 Å². The van der Waals surface area contributed by atoms with Crippen LogP contribution < -0.4 is 10.1 Å². The molecular formula is C21H21ClN2O3S. The number of carbonyl (C=O) groups excluding carboxylic acids is 1. The Hall–Kier alpha value is -2.15. The second kappa shape index (κ2) is 8.07. The highest BCUT2D eigenvalue weighted by Gasteiger charge is 2.42. The zero-order valence-corrected chi connectivity index (χ0v) is 17.1. The third kappa shape index (κ3) is 3.72. The maximum atomic E-state index is 13.4. The number of hydrogen-bond donors (Lipinski definition) is 1. The Balaban J connectivity index is 1.63. The summed E-state index contributed by atoms with van der Waals surface area (Å²) in [5.41, 5.74) is 1.09. The number of ether oxygens (including phenoxy) is 2. The molecule has 1 aromatic heterocycles. The lowest BCUT2D eigenvalue weighted by molar-refractivity contribution is -0.125. The number of fused-ring (bicyclic) bond motifs is 1. The summed E-state index contributed by atoms with van der Waals surface area (Å²) in [5, 5.41) is 4.25. The molecule has 2 aromatic carbocycles. The van der Waals surface area contributed by atoms with Gasteiger partial charge in [0.15, 0.2) is 5.13 Å². The number of carbonyl (C=O) groups is 1. The molecule has 0 atom stereocenters. The molecule has 0 radical (unpaired) electrons. The van der Waals surface area contributed by atoms with E-state index in [2.05, 4.69) is 10.3 Å². The fourth-order valence-electron chi connectivity index (χ4n) is 3.58. The van der Waals surface area contributed by atoms with Gasteiger partial charge < -0.3 is 14.8 Å². The Morgan fingerprint density at radius 1 is 1.29 bits per heavy atom. The lowest BCUT2D eigenvalue weighted by Crippen LogP contribution is -2.44. The van der Waals surface area contributed by atoms with Crippen molar-refractivity contribution in [1.29, 1.82) is 0 Å². The Labute approximate surface area is 172 Å². The lowest BCUT2D eigenvalue weighted by Gasteiger charge is -2.36. The number of benzene rings is 2. The van der Waals surface area contributed by atoms with Crippen LogP contribution >= 0.6 is 22.9 Å². The van der Waals surface area contributed by atoms with Crippen LogP contribution in [0, 0.1) is 0 Å². The van der Waals surface area contributed by atoms with Crippen molar-refractivity contribution in [3.8, 4) is 5.75 Å². The Morgan fingerprint density at radius 2 is 2.11 bits per heavy atom. The second-order valence-electron chi connectivity index (χ2n) is 6.74. The summed E-state index contributed by atoms with van der Waals surface area (Å²) < 4.78 is 12.0. The van der Waals surface area contributed by atoms with E-state index in [1.165, 1.54) is 11.3 Å². The molecule has 7 heteroatoms. The van der Waals surface area contributed by atoms with Crippen molar-refractivity contribution < 1.29 is 14.3 Å². The minimum Gasteiger partial charge on any atom is -0.494 e. The van der Waals surface area contributed by atoms with Crippen LogP contribution in [0.3, 0.4) is 0 Å². The van der Waals surface area contributed by atoms with Crippen molar-refractivity contribution in [2.45, 2.75) is 25.2 Å². The first-order valence-corrected chi connectivity index (χ1v) is 10.5. The molecule has 3 aromatic rings. The molecule has 1 amide bonds. The maximum Gasteiger partial charge on any atom is 0.236 e. The fourth-order valence-corrected chi connectivity index (χ4v) is 4.66. The summed E-state index contributed by atoms with van der Waals surface area (Å²) in [7, 11) is 0. The van der Waals surface area contributed by atoms with Crippen LogP contribution in [0.15, 0.2) is 42.5 Å². The number of nitrogens with zero attached hydrogens (tertiary/aromatic N) is 1. The molecule has 0 unspecified atom stereocenters. The van der Waals surface area contributed by atoms with E-state index in [1.807, 2.05) is 49.4 Å². The molecule has 1 fully saturated rings. The van der Waals surface area contributed by atoms with Gasteiger partial charge in [0.25, 0.3) is 0 Å². The van der Waals surface area contributed by atoms with Crippen molar-refractivity contribution in [1.82, 2.24) is 4.98 Å². The van der Waals surface area contributed by atoms with E-state index in [0.29, 0.717) is 42.8 Å². The molecule has 4 rings (SSSR count). The minimum atomic E-state index is -0.669. The SMILES string of the molecule is CCOc1ccc2nc(NC(=O)C3(c4cccc(Cl)c4)CCOCC3)sc2c1. The first kappa shape index (κ1) is 19.2. The fraction of sp³-hybridized carbons (Fsp3) is 0.333. The van der Waals surface area contributed by atoms with Gasteiger partial charge in [-0.2, -0.15) is 0 Å². The van der Waals surface area contributed by atoms with Crippen LogP contribution in [0.4, 0.5) is 5.13 Å². The van der Waals surface area contributed by atoms with E-state index < -0.39 is 5.41 Å². The molecule has 2 heterocycles. The smallest absolute Gasteiger partial charge is 0.236 e. The zero-order chi connectivity index (χ0) is 19.6. The predicted molar refractivity (Wildman–Crippen MR) is 113 cm³/mol. The van der Waals surface area contributed by atoms with Gasteiger partial charge in [0.05, 0.1) is 22.2 Å². The van der Waals surface area contributed by atoms with Gasteiger partial charge in [-0.1, -0.05) is 35.1 Å². The molecule has 146 valence electrons. The van der Waals surface area contributed by atoms with E-state index in [4.69, 9.17) is 21.1 Å². The number of anilines is 1. The van der Waals surface area contributed by atoms with Gasteiger partial charge in [0.2, 0.25) is 5.91 Å². The van der Waals surface area contributed by atoms with Gasteiger partial charge in [0.1, 0.15) is 5.75 Å². The summed E-state index contributed by atoms with van der Waals surface area (Å²) in [4.78, 5) is 17.9. The van der Waals surface area contributed by atoms with Crippen LogP contribution in [0.25, 0.3) is 10.2 Å². The average Bonchev–Trinajstić information content (AvgIpc) is 3.10. The first-order chi connectivity index (χ1) is 13.6. The Morgan fingerprint density at radius 3 is 2.86 bits per heavy atom. The van der Waals surface area contributed by atoms with E-state index in [0.717, 1.165) is 21.5 Å². The molecule has 1 aliphatic rings. The summed E-state index contributed by atoms with van der Waals surface area (Å²) in [6.07, 6.45) is 1.22. The lowest BCUT2D eigenvalue weighted by atomic mass is 9.73. The van der Waals surface area contributed by atoms with Gasteiger partial charge >= 0.3 is 0 Å². The highest BCUT2D eigenvalue weighted by atomic mass is 35.5. The first-order valence-electron chi connectivity index (χ1n) is 9.29. The van der Waals surface area contributed by atoms with Gasteiger partial charge in [0, 0.05) is 18.2 Å². The number of amides is 1. The molecule has 0 bridgehead atoms. The van der Waals surface area contributed by atoms with Crippen molar-refractivity contribution in [3.05, 3.63) is 53.1 Å². The molecule has 0 saturated carbocycles. The summed E-state index contributed by atoms with van der Waals surface area (Å²) in [6.45, 7) is 3.64. The second-order valence-corrected chi connectivity index (χ2v) is 8.21. The van der Waals surface area contributed by atoms with Crippen LogP contribution in [0.1, 0.15) is 25.3 Å².